The monoisotopic (exact) mass is 339 g/mol. The molecule has 0 spiro atoms. The largest absolute Gasteiger partial charge is 0.336 e. The van der Waals surface area contributed by atoms with Crippen molar-refractivity contribution in [2.24, 2.45) is 0 Å². The lowest BCUT2D eigenvalue weighted by Crippen LogP contribution is -2.42. The molecule has 1 saturated heterocycles. The Bertz CT molecular complexity index is 933. The smallest absolute Gasteiger partial charge is 0.263 e. The van der Waals surface area contributed by atoms with Gasteiger partial charge >= 0.3 is 0 Å². The molecule has 0 bridgehead atoms. The zero-order valence-electron chi connectivity index (χ0n) is 13.1. The second-order valence-electron chi connectivity index (χ2n) is 6.00. The quantitative estimate of drug-likeness (QED) is 0.721. The zero-order valence-corrected chi connectivity index (χ0v) is 13.9. The molecule has 6 heteroatoms. The first-order chi connectivity index (χ1) is 11.7. The zero-order chi connectivity index (χ0) is 16.5. The maximum Gasteiger partial charge on any atom is 0.263 e. The summed E-state index contributed by atoms with van der Waals surface area (Å²) in [4.78, 5) is 32.3. The van der Waals surface area contributed by atoms with Crippen LogP contribution in [0, 0.1) is 0 Å². The Morgan fingerprint density at radius 1 is 1.21 bits per heavy atom. The fourth-order valence-corrected chi connectivity index (χ4v) is 3.96. The number of carbonyl (C=O) groups excluding carboxylic acids is 1. The highest BCUT2D eigenvalue weighted by Crippen LogP contribution is 2.23. The predicted octanol–water partition coefficient (Wildman–Crippen LogP) is 2.94. The summed E-state index contributed by atoms with van der Waals surface area (Å²) in [5.41, 5.74) is 0.678. The summed E-state index contributed by atoms with van der Waals surface area (Å²) in [6.45, 7) is 1.29. The number of aromatic nitrogens is 2. The molecule has 1 aliphatic rings. The standard InChI is InChI=1S/C18H17N3O2S/c22-17-14-6-1-2-7-15(14)19-12-21(17)13-5-3-9-20(11-13)18(23)16-8-4-10-24-16/h1-2,4,6-8,10,12-13H,3,5,9,11H2. The van der Waals surface area contributed by atoms with Crippen LogP contribution in [0.1, 0.15) is 28.6 Å². The number of nitrogens with zero attached hydrogens (tertiary/aromatic N) is 3. The van der Waals surface area contributed by atoms with Gasteiger partial charge in [-0.1, -0.05) is 18.2 Å². The second kappa shape index (κ2) is 6.20. The van der Waals surface area contributed by atoms with Crippen LogP contribution in [0.2, 0.25) is 0 Å². The molecule has 3 aromatic rings. The number of benzene rings is 1. The molecule has 0 N–H and O–H groups in total. The summed E-state index contributed by atoms with van der Waals surface area (Å²) < 4.78 is 1.69. The Kier molecular flexibility index (Phi) is 3.90. The van der Waals surface area contributed by atoms with Gasteiger partial charge in [0, 0.05) is 13.1 Å². The number of likely N-dealkylation sites (tertiary alicyclic amines) is 1. The van der Waals surface area contributed by atoms with Crippen LogP contribution in [0.25, 0.3) is 10.9 Å². The van der Waals surface area contributed by atoms with Crippen molar-refractivity contribution in [1.29, 1.82) is 0 Å². The normalized spacial score (nSPS) is 18.0. The highest BCUT2D eigenvalue weighted by atomic mass is 32.1. The van der Waals surface area contributed by atoms with E-state index >= 15 is 0 Å². The molecule has 0 aliphatic carbocycles. The van der Waals surface area contributed by atoms with Crippen LogP contribution in [0.3, 0.4) is 0 Å². The summed E-state index contributed by atoms with van der Waals surface area (Å²) in [5.74, 6) is 0.0523. The molecule has 1 atom stereocenters. The van der Waals surface area contributed by atoms with Crippen molar-refractivity contribution in [2.45, 2.75) is 18.9 Å². The molecule has 5 nitrogen and oxygen atoms in total. The Balaban J connectivity index is 1.64. The van der Waals surface area contributed by atoms with E-state index in [1.54, 1.807) is 17.0 Å². The Morgan fingerprint density at radius 2 is 2.08 bits per heavy atom. The van der Waals surface area contributed by atoms with Crippen LogP contribution in [0.4, 0.5) is 0 Å². The minimum absolute atomic E-state index is 0.0210. The van der Waals surface area contributed by atoms with Crippen molar-refractivity contribution < 1.29 is 4.79 Å². The topological polar surface area (TPSA) is 55.2 Å². The Hall–Kier alpha value is -2.47. The van der Waals surface area contributed by atoms with Gasteiger partial charge in [0.1, 0.15) is 0 Å². The molecule has 4 rings (SSSR count). The number of fused-ring (bicyclic) bond motifs is 1. The first-order valence-electron chi connectivity index (χ1n) is 8.03. The van der Waals surface area contributed by atoms with Gasteiger partial charge in [-0.05, 0) is 36.4 Å². The molecule has 1 aliphatic heterocycles. The van der Waals surface area contributed by atoms with Crippen LogP contribution in [0.15, 0.2) is 52.9 Å². The molecule has 1 aromatic carbocycles. The molecular weight excluding hydrogens is 322 g/mol. The summed E-state index contributed by atoms with van der Waals surface area (Å²) in [5, 5.41) is 2.54. The van der Waals surface area contributed by atoms with E-state index in [1.807, 2.05) is 40.6 Å². The molecule has 0 saturated carbocycles. The average Bonchev–Trinajstić information content (AvgIpc) is 3.16. The maximum absolute atomic E-state index is 12.8. The molecule has 1 unspecified atom stereocenters. The third-order valence-electron chi connectivity index (χ3n) is 4.50. The van der Waals surface area contributed by atoms with E-state index < -0.39 is 0 Å². The van der Waals surface area contributed by atoms with Crippen LogP contribution in [-0.2, 0) is 0 Å². The molecule has 122 valence electrons. The van der Waals surface area contributed by atoms with Crippen molar-refractivity contribution in [1.82, 2.24) is 14.5 Å². The van der Waals surface area contributed by atoms with Crippen LogP contribution in [0.5, 0.6) is 0 Å². The summed E-state index contributed by atoms with van der Waals surface area (Å²) in [6.07, 6.45) is 3.39. The van der Waals surface area contributed by atoms with Gasteiger partial charge in [-0.25, -0.2) is 4.98 Å². The first kappa shape index (κ1) is 15.1. The minimum atomic E-state index is -0.0315. The number of piperidine rings is 1. The van der Waals surface area contributed by atoms with Crippen molar-refractivity contribution in [2.75, 3.05) is 13.1 Å². The molecule has 1 amide bonds. The number of thiophene rings is 1. The van der Waals surface area contributed by atoms with Gasteiger partial charge in [0.15, 0.2) is 0 Å². The van der Waals surface area contributed by atoms with Crippen molar-refractivity contribution in [3.05, 3.63) is 63.3 Å². The van der Waals surface area contributed by atoms with Gasteiger partial charge in [-0.2, -0.15) is 0 Å². The van der Waals surface area contributed by atoms with Gasteiger partial charge in [0.25, 0.3) is 11.5 Å². The fraction of sp³-hybridized carbons (Fsp3) is 0.278. The van der Waals surface area contributed by atoms with Gasteiger partial charge in [-0.3, -0.25) is 14.2 Å². The van der Waals surface area contributed by atoms with Crippen LogP contribution < -0.4 is 5.56 Å². The molecule has 24 heavy (non-hydrogen) atoms. The van der Waals surface area contributed by atoms with Crippen molar-refractivity contribution in [3.8, 4) is 0 Å². The summed E-state index contributed by atoms with van der Waals surface area (Å²) in [7, 11) is 0. The van der Waals surface area contributed by atoms with Gasteiger partial charge < -0.3 is 4.90 Å². The Morgan fingerprint density at radius 3 is 2.92 bits per heavy atom. The van der Waals surface area contributed by atoms with E-state index in [0.29, 0.717) is 17.4 Å². The predicted molar refractivity (Wildman–Crippen MR) is 94.5 cm³/mol. The van der Waals surface area contributed by atoms with Crippen LogP contribution >= 0.6 is 11.3 Å². The maximum atomic E-state index is 12.8. The number of hydrogen-bond acceptors (Lipinski definition) is 4. The lowest BCUT2D eigenvalue weighted by Gasteiger charge is -2.33. The Labute approximate surface area is 143 Å². The number of rotatable bonds is 2. The van der Waals surface area contributed by atoms with Crippen LogP contribution in [-0.4, -0.2) is 33.4 Å². The van der Waals surface area contributed by atoms with Gasteiger partial charge in [0.05, 0.1) is 28.1 Å². The molecule has 2 aromatic heterocycles. The molecule has 1 fully saturated rings. The highest BCUT2D eigenvalue weighted by Gasteiger charge is 2.26. The van der Waals surface area contributed by atoms with E-state index in [4.69, 9.17) is 0 Å². The highest BCUT2D eigenvalue weighted by molar-refractivity contribution is 7.12. The van der Waals surface area contributed by atoms with Gasteiger partial charge in [-0.15, -0.1) is 11.3 Å². The third kappa shape index (κ3) is 2.63. The molecule has 3 heterocycles. The molecular formula is C18H17N3O2S. The number of hydrogen-bond donors (Lipinski definition) is 0. The number of carbonyl (C=O) groups is 1. The first-order valence-corrected chi connectivity index (χ1v) is 8.90. The number of amides is 1. The van der Waals surface area contributed by atoms with Gasteiger partial charge in [0.2, 0.25) is 0 Å². The van der Waals surface area contributed by atoms with E-state index in [1.165, 1.54) is 11.3 Å². The van der Waals surface area contributed by atoms with E-state index in [9.17, 15) is 9.59 Å². The molecule has 0 radical (unpaired) electrons. The summed E-state index contributed by atoms with van der Waals surface area (Å²) >= 11 is 1.45. The van der Waals surface area contributed by atoms with E-state index in [0.717, 1.165) is 24.3 Å². The fourth-order valence-electron chi connectivity index (χ4n) is 3.27. The summed E-state index contributed by atoms with van der Waals surface area (Å²) in [6, 6.07) is 11.1. The number of para-hydroxylation sites is 1. The minimum Gasteiger partial charge on any atom is -0.336 e. The average molecular weight is 339 g/mol. The second-order valence-corrected chi connectivity index (χ2v) is 6.95. The lowest BCUT2D eigenvalue weighted by molar-refractivity contribution is 0.0682. The van der Waals surface area contributed by atoms with Crippen molar-refractivity contribution >= 4 is 28.1 Å². The van der Waals surface area contributed by atoms with E-state index in [-0.39, 0.29) is 17.5 Å². The SMILES string of the molecule is O=C(c1cccs1)N1CCCC(n2cnc3ccccc3c2=O)C1. The third-order valence-corrected chi connectivity index (χ3v) is 5.36. The van der Waals surface area contributed by atoms with E-state index in [2.05, 4.69) is 4.98 Å². The lowest BCUT2D eigenvalue weighted by atomic mass is 10.0. The van der Waals surface area contributed by atoms with Crippen molar-refractivity contribution in [3.63, 3.8) is 0 Å².